The smallest absolute Gasteiger partial charge is 0.175 e. The first kappa shape index (κ1) is 15.2. The molecule has 0 spiro atoms. The van der Waals surface area contributed by atoms with Gasteiger partial charge in [0, 0.05) is 22.7 Å². The number of oxime groups is 1. The minimum Gasteiger partial charge on any atom is -0.411 e. The SMILES string of the molecule is CS(=O)(=O)c1ccc(-c2[nH]c3ccc(F)cc3c2/C=N/O)cc1. The highest BCUT2D eigenvalue weighted by Gasteiger charge is 2.14. The summed E-state index contributed by atoms with van der Waals surface area (Å²) in [4.78, 5) is 3.34. The molecular weight excluding hydrogens is 319 g/mol. The number of fused-ring (bicyclic) bond motifs is 1. The summed E-state index contributed by atoms with van der Waals surface area (Å²) in [6.45, 7) is 0. The van der Waals surface area contributed by atoms with Crippen molar-refractivity contribution in [3.63, 3.8) is 0 Å². The molecule has 118 valence electrons. The molecule has 0 radical (unpaired) electrons. The van der Waals surface area contributed by atoms with Gasteiger partial charge in [0.2, 0.25) is 0 Å². The molecule has 1 heterocycles. The molecule has 3 aromatic rings. The molecule has 0 atom stereocenters. The number of hydrogen-bond acceptors (Lipinski definition) is 4. The molecule has 0 unspecified atom stereocenters. The van der Waals surface area contributed by atoms with Gasteiger partial charge in [-0.1, -0.05) is 17.3 Å². The van der Waals surface area contributed by atoms with Crippen LogP contribution in [0.25, 0.3) is 22.2 Å². The highest BCUT2D eigenvalue weighted by atomic mass is 32.2. The third-order valence-electron chi connectivity index (χ3n) is 3.56. The Labute approximate surface area is 132 Å². The Morgan fingerprint density at radius 3 is 2.48 bits per heavy atom. The van der Waals surface area contributed by atoms with Gasteiger partial charge in [-0.05, 0) is 35.9 Å². The lowest BCUT2D eigenvalue weighted by atomic mass is 10.1. The Kier molecular flexibility index (Phi) is 3.65. The van der Waals surface area contributed by atoms with Crippen LogP contribution in [0.4, 0.5) is 4.39 Å². The molecule has 0 saturated heterocycles. The number of hydrogen-bond donors (Lipinski definition) is 2. The maximum Gasteiger partial charge on any atom is 0.175 e. The predicted octanol–water partition coefficient (Wildman–Crippen LogP) is 3.19. The average Bonchev–Trinajstić information content (AvgIpc) is 2.85. The number of halogens is 1. The molecule has 7 heteroatoms. The van der Waals surface area contributed by atoms with Crippen molar-refractivity contribution in [2.24, 2.45) is 5.16 Å². The highest BCUT2D eigenvalue weighted by Crippen LogP contribution is 2.30. The zero-order chi connectivity index (χ0) is 16.6. The summed E-state index contributed by atoms with van der Waals surface area (Å²) >= 11 is 0. The Morgan fingerprint density at radius 2 is 1.87 bits per heavy atom. The molecular formula is C16H13FN2O3S. The van der Waals surface area contributed by atoms with E-state index >= 15 is 0 Å². The van der Waals surface area contributed by atoms with Gasteiger partial charge in [0.15, 0.2) is 9.84 Å². The topological polar surface area (TPSA) is 82.5 Å². The molecule has 1 aromatic heterocycles. The Bertz CT molecular complexity index is 1010. The van der Waals surface area contributed by atoms with E-state index in [0.717, 1.165) is 6.26 Å². The molecule has 3 rings (SSSR count). The highest BCUT2D eigenvalue weighted by molar-refractivity contribution is 7.90. The Balaban J connectivity index is 2.21. The summed E-state index contributed by atoms with van der Waals surface area (Å²) in [5, 5.41) is 12.5. The van der Waals surface area contributed by atoms with Gasteiger partial charge in [0.05, 0.1) is 16.8 Å². The summed E-state index contributed by atoms with van der Waals surface area (Å²) in [6, 6.07) is 10.5. The van der Waals surface area contributed by atoms with Gasteiger partial charge >= 0.3 is 0 Å². The van der Waals surface area contributed by atoms with Crippen LogP contribution in [0.2, 0.25) is 0 Å². The van der Waals surface area contributed by atoms with Gasteiger partial charge in [-0.3, -0.25) is 0 Å². The minimum absolute atomic E-state index is 0.209. The Morgan fingerprint density at radius 1 is 1.17 bits per heavy atom. The van der Waals surface area contributed by atoms with E-state index in [0.29, 0.717) is 27.7 Å². The van der Waals surface area contributed by atoms with E-state index < -0.39 is 15.7 Å². The van der Waals surface area contributed by atoms with Crippen molar-refractivity contribution in [3.8, 4) is 11.3 Å². The number of benzene rings is 2. The monoisotopic (exact) mass is 332 g/mol. The molecule has 5 nitrogen and oxygen atoms in total. The third kappa shape index (κ3) is 2.83. The molecule has 0 fully saturated rings. The first-order valence-corrected chi connectivity index (χ1v) is 8.58. The van der Waals surface area contributed by atoms with E-state index in [1.54, 1.807) is 18.2 Å². The van der Waals surface area contributed by atoms with Crippen molar-refractivity contribution < 1.29 is 18.0 Å². The second-order valence-corrected chi connectivity index (χ2v) is 7.16. The fourth-order valence-electron chi connectivity index (χ4n) is 2.47. The van der Waals surface area contributed by atoms with Crippen molar-refractivity contribution in [1.82, 2.24) is 4.98 Å². The van der Waals surface area contributed by atoms with E-state index in [9.17, 15) is 12.8 Å². The summed E-state index contributed by atoms with van der Waals surface area (Å²) < 4.78 is 36.5. The molecule has 0 saturated carbocycles. The number of aromatic nitrogens is 1. The van der Waals surface area contributed by atoms with E-state index in [1.165, 1.54) is 30.5 Å². The zero-order valence-electron chi connectivity index (χ0n) is 12.1. The number of H-pyrrole nitrogens is 1. The van der Waals surface area contributed by atoms with Crippen LogP contribution in [0.5, 0.6) is 0 Å². The lowest BCUT2D eigenvalue weighted by Gasteiger charge is -2.03. The van der Waals surface area contributed by atoms with Crippen LogP contribution >= 0.6 is 0 Å². The number of aromatic amines is 1. The van der Waals surface area contributed by atoms with Crippen LogP contribution in [-0.2, 0) is 9.84 Å². The summed E-state index contributed by atoms with van der Waals surface area (Å²) in [5.41, 5.74) is 2.52. The van der Waals surface area contributed by atoms with Gasteiger partial charge in [-0.2, -0.15) is 0 Å². The van der Waals surface area contributed by atoms with E-state index in [2.05, 4.69) is 10.1 Å². The van der Waals surface area contributed by atoms with Gasteiger partial charge in [-0.15, -0.1) is 0 Å². The third-order valence-corrected chi connectivity index (χ3v) is 4.69. The largest absolute Gasteiger partial charge is 0.411 e. The molecule has 0 bridgehead atoms. The summed E-state index contributed by atoms with van der Waals surface area (Å²) in [7, 11) is -3.28. The van der Waals surface area contributed by atoms with Gasteiger partial charge in [0.1, 0.15) is 5.82 Å². The van der Waals surface area contributed by atoms with Gasteiger partial charge in [0.25, 0.3) is 0 Å². The molecule has 2 N–H and O–H groups in total. The molecule has 0 aliphatic carbocycles. The molecule has 0 aliphatic heterocycles. The van der Waals surface area contributed by atoms with Crippen molar-refractivity contribution in [2.45, 2.75) is 4.90 Å². The predicted molar refractivity (Wildman–Crippen MR) is 86.2 cm³/mol. The van der Waals surface area contributed by atoms with Crippen LogP contribution in [-0.4, -0.2) is 31.1 Å². The van der Waals surface area contributed by atoms with Crippen molar-refractivity contribution >= 4 is 27.0 Å². The lowest BCUT2D eigenvalue weighted by molar-refractivity contribution is 0.322. The van der Waals surface area contributed by atoms with Crippen molar-refractivity contribution in [2.75, 3.05) is 6.26 Å². The number of rotatable bonds is 3. The molecule has 2 aromatic carbocycles. The van der Waals surface area contributed by atoms with Crippen LogP contribution in [0.1, 0.15) is 5.56 Å². The lowest BCUT2D eigenvalue weighted by Crippen LogP contribution is -1.96. The maximum atomic E-state index is 13.5. The molecule has 0 aliphatic rings. The Hall–Kier alpha value is -2.67. The van der Waals surface area contributed by atoms with E-state index in [1.807, 2.05) is 0 Å². The fraction of sp³-hybridized carbons (Fsp3) is 0.0625. The fourth-order valence-corrected chi connectivity index (χ4v) is 3.10. The summed E-state index contributed by atoms with van der Waals surface area (Å²) in [6.07, 6.45) is 2.36. The normalized spacial score (nSPS) is 12.3. The second-order valence-electron chi connectivity index (χ2n) is 5.14. The van der Waals surface area contributed by atoms with Gasteiger partial charge < -0.3 is 10.2 Å². The first-order chi connectivity index (χ1) is 10.9. The number of nitrogens with zero attached hydrogens (tertiary/aromatic N) is 1. The van der Waals surface area contributed by atoms with Crippen molar-refractivity contribution in [1.29, 1.82) is 0 Å². The molecule has 0 amide bonds. The quantitative estimate of drug-likeness (QED) is 0.439. The zero-order valence-corrected chi connectivity index (χ0v) is 12.9. The minimum atomic E-state index is -3.28. The first-order valence-electron chi connectivity index (χ1n) is 6.69. The van der Waals surface area contributed by atoms with Crippen molar-refractivity contribution in [3.05, 3.63) is 53.8 Å². The number of nitrogens with one attached hydrogen (secondary N) is 1. The van der Waals surface area contributed by atoms with Gasteiger partial charge in [-0.25, -0.2) is 12.8 Å². The van der Waals surface area contributed by atoms with Crippen LogP contribution in [0.15, 0.2) is 52.5 Å². The second kappa shape index (κ2) is 5.51. The van der Waals surface area contributed by atoms with Crippen LogP contribution < -0.4 is 0 Å². The van der Waals surface area contributed by atoms with Crippen LogP contribution in [0, 0.1) is 5.82 Å². The van der Waals surface area contributed by atoms with Crippen LogP contribution in [0.3, 0.4) is 0 Å². The van der Waals surface area contributed by atoms with E-state index in [-0.39, 0.29) is 4.90 Å². The number of sulfone groups is 1. The van der Waals surface area contributed by atoms with E-state index in [4.69, 9.17) is 5.21 Å². The maximum absolute atomic E-state index is 13.5. The average molecular weight is 332 g/mol. The standard InChI is InChI=1S/C16H13FN2O3S/c1-23(21,22)12-5-2-10(3-6-12)16-14(9-18-20)13-8-11(17)4-7-15(13)19-16/h2-9,19-20H,1H3/b18-9+. The molecule has 23 heavy (non-hydrogen) atoms. The summed E-state index contributed by atoms with van der Waals surface area (Å²) in [5.74, 6) is -0.400.